The van der Waals surface area contributed by atoms with E-state index in [1.165, 1.54) is 36.0 Å². The van der Waals surface area contributed by atoms with E-state index < -0.39 is 0 Å². The van der Waals surface area contributed by atoms with Crippen molar-refractivity contribution < 1.29 is 4.74 Å². The summed E-state index contributed by atoms with van der Waals surface area (Å²) in [6.07, 6.45) is 3.88. The van der Waals surface area contributed by atoms with Crippen LogP contribution in [0.5, 0.6) is 5.75 Å². The quantitative estimate of drug-likeness (QED) is 0.878. The third-order valence-corrected chi connectivity index (χ3v) is 4.07. The average Bonchev–Trinajstić information content (AvgIpc) is 2.76. The zero-order valence-corrected chi connectivity index (χ0v) is 12.0. The third-order valence-electron chi connectivity index (χ3n) is 4.07. The molecule has 1 aliphatic rings. The molecule has 1 aliphatic carbocycles. The lowest BCUT2D eigenvalue weighted by Crippen LogP contribution is -2.31. The van der Waals surface area contributed by atoms with Crippen molar-refractivity contribution in [1.82, 2.24) is 5.32 Å². The largest absolute Gasteiger partial charge is 0.496 e. The van der Waals surface area contributed by atoms with E-state index in [0.717, 1.165) is 12.3 Å². The minimum absolute atomic E-state index is 0.612. The highest BCUT2D eigenvalue weighted by atomic mass is 16.5. The molecule has 2 nitrogen and oxygen atoms in total. The number of benzene rings is 1. The van der Waals surface area contributed by atoms with Crippen LogP contribution in [0, 0.1) is 13.8 Å². The lowest BCUT2D eigenvalue weighted by molar-refractivity contribution is 0.396. The van der Waals surface area contributed by atoms with Crippen LogP contribution in [0.3, 0.4) is 0 Å². The van der Waals surface area contributed by atoms with Gasteiger partial charge in [0, 0.05) is 17.5 Å². The van der Waals surface area contributed by atoms with Gasteiger partial charge in [0.2, 0.25) is 0 Å². The number of nitrogens with one attached hydrogen (secondary N) is 1. The van der Waals surface area contributed by atoms with Gasteiger partial charge in [0.05, 0.1) is 7.11 Å². The molecule has 0 amide bonds. The first-order valence-corrected chi connectivity index (χ1v) is 7.05. The molecule has 0 saturated heterocycles. The maximum absolute atomic E-state index is 5.62. The van der Waals surface area contributed by atoms with Gasteiger partial charge in [0.1, 0.15) is 5.75 Å². The number of rotatable bonds is 4. The third kappa shape index (κ3) is 2.54. The first kappa shape index (κ1) is 13.4. The van der Waals surface area contributed by atoms with Crippen molar-refractivity contribution in [2.24, 2.45) is 0 Å². The predicted octanol–water partition coefficient (Wildman–Crippen LogP) is 3.56. The molecular weight excluding hydrogens is 222 g/mol. The lowest BCUT2D eigenvalue weighted by atomic mass is 9.88. The first-order chi connectivity index (χ1) is 8.67. The Kier molecular flexibility index (Phi) is 4.28. The summed E-state index contributed by atoms with van der Waals surface area (Å²) in [5.74, 6) is 1.68. The Balaban J connectivity index is 2.37. The monoisotopic (exact) mass is 247 g/mol. The summed E-state index contributed by atoms with van der Waals surface area (Å²) in [5, 5.41) is 3.63. The molecule has 2 rings (SSSR count). The molecule has 1 fully saturated rings. The fourth-order valence-electron chi connectivity index (χ4n) is 3.40. The van der Waals surface area contributed by atoms with E-state index in [4.69, 9.17) is 4.74 Å². The van der Waals surface area contributed by atoms with Crippen LogP contribution in [0.25, 0.3) is 0 Å². The van der Waals surface area contributed by atoms with Crippen molar-refractivity contribution >= 4 is 0 Å². The Hall–Kier alpha value is -1.02. The second-order valence-electron chi connectivity index (χ2n) is 5.40. The van der Waals surface area contributed by atoms with Crippen molar-refractivity contribution in [2.75, 3.05) is 13.7 Å². The molecule has 2 unspecified atom stereocenters. The zero-order valence-electron chi connectivity index (χ0n) is 12.0. The van der Waals surface area contributed by atoms with Crippen LogP contribution in [-0.2, 0) is 0 Å². The van der Waals surface area contributed by atoms with Crippen LogP contribution in [0.1, 0.15) is 48.8 Å². The molecule has 100 valence electrons. The van der Waals surface area contributed by atoms with Gasteiger partial charge in [-0.05, 0) is 50.4 Å². The molecule has 0 aliphatic heterocycles. The molecule has 2 atom stereocenters. The summed E-state index contributed by atoms with van der Waals surface area (Å²) in [5.41, 5.74) is 4.08. The number of methoxy groups -OCH3 is 1. The van der Waals surface area contributed by atoms with E-state index in [1.807, 2.05) is 0 Å². The van der Waals surface area contributed by atoms with Crippen LogP contribution in [0.2, 0.25) is 0 Å². The van der Waals surface area contributed by atoms with Gasteiger partial charge in [0.25, 0.3) is 0 Å². The number of likely N-dealkylation sites (N-methyl/N-ethyl adjacent to an activating group) is 1. The van der Waals surface area contributed by atoms with Crippen LogP contribution in [0.4, 0.5) is 0 Å². The summed E-state index contributed by atoms with van der Waals surface area (Å²) in [7, 11) is 1.79. The molecule has 0 aromatic heterocycles. The normalized spacial score (nSPS) is 23.3. The minimum atomic E-state index is 0.612. The van der Waals surface area contributed by atoms with Crippen molar-refractivity contribution in [1.29, 1.82) is 0 Å². The SMILES string of the molecule is CCNC1CCCC1c1c(C)cc(C)cc1OC. The average molecular weight is 247 g/mol. The smallest absolute Gasteiger partial charge is 0.122 e. The highest BCUT2D eigenvalue weighted by Crippen LogP contribution is 2.41. The lowest BCUT2D eigenvalue weighted by Gasteiger charge is -2.25. The molecular formula is C16H25NO. The summed E-state index contributed by atoms with van der Waals surface area (Å²) in [6, 6.07) is 5.06. The number of aryl methyl sites for hydroxylation is 2. The number of hydrogen-bond acceptors (Lipinski definition) is 2. The standard InChI is InChI=1S/C16H25NO/c1-5-17-14-8-6-7-13(14)16-12(3)9-11(2)10-15(16)18-4/h9-10,13-14,17H,5-8H2,1-4H3. The van der Waals surface area contributed by atoms with Crippen LogP contribution in [0.15, 0.2) is 12.1 Å². The van der Waals surface area contributed by atoms with Gasteiger partial charge < -0.3 is 10.1 Å². The predicted molar refractivity (Wildman–Crippen MR) is 76.5 cm³/mol. The molecule has 0 spiro atoms. The first-order valence-electron chi connectivity index (χ1n) is 7.05. The molecule has 0 bridgehead atoms. The van der Waals surface area contributed by atoms with Crippen LogP contribution >= 0.6 is 0 Å². The van der Waals surface area contributed by atoms with E-state index in [0.29, 0.717) is 12.0 Å². The molecule has 18 heavy (non-hydrogen) atoms. The molecule has 2 heteroatoms. The maximum atomic E-state index is 5.62. The van der Waals surface area contributed by atoms with Crippen molar-refractivity contribution in [3.8, 4) is 5.75 Å². The molecule has 1 N–H and O–H groups in total. The highest BCUT2D eigenvalue weighted by molar-refractivity contribution is 5.46. The summed E-state index contributed by atoms with van der Waals surface area (Å²) in [4.78, 5) is 0. The minimum Gasteiger partial charge on any atom is -0.496 e. The Labute approximate surface area is 111 Å². The van der Waals surface area contributed by atoms with Crippen molar-refractivity contribution in [2.45, 2.75) is 52.0 Å². The van der Waals surface area contributed by atoms with E-state index in [1.54, 1.807) is 7.11 Å². The number of hydrogen-bond donors (Lipinski definition) is 1. The van der Waals surface area contributed by atoms with Gasteiger partial charge in [-0.25, -0.2) is 0 Å². The Morgan fingerprint density at radius 3 is 2.72 bits per heavy atom. The van der Waals surface area contributed by atoms with E-state index in [2.05, 4.69) is 38.2 Å². The summed E-state index contributed by atoms with van der Waals surface area (Å²) in [6.45, 7) is 7.59. The highest BCUT2D eigenvalue weighted by Gasteiger charge is 2.31. The van der Waals surface area contributed by atoms with Crippen molar-refractivity contribution in [3.05, 3.63) is 28.8 Å². The Morgan fingerprint density at radius 1 is 1.28 bits per heavy atom. The van der Waals surface area contributed by atoms with Crippen molar-refractivity contribution in [3.63, 3.8) is 0 Å². The van der Waals surface area contributed by atoms with E-state index in [9.17, 15) is 0 Å². The van der Waals surface area contributed by atoms with Crippen LogP contribution in [-0.4, -0.2) is 19.7 Å². The second kappa shape index (κ2) is 5.75. The number of ether oxygens (including phenoxy) is 1. The van der Waals surface area contributed by atoms with Gasteiger partial charge in [-0.1, -0.05) is 19.4 Å². The Bertz CT molecular complexity index is 414. The topological polar surface area (TPSA) is 21.3 Å². The molecule has 1 aromatic carbocycles. The molecule has 0 heterocycles. The molecule has 1 aromatic rings. The van der Waals surface area contributed by atoms with Gasteiger partial charge in [0.15, 0.2) is 0 Å². The van der Waals surface area contributed by atoms with Gasteiger partial charge in [-0.2, -0.15) is 0 Å². The molecule has 1 saturated carbocycles. The summed E-state index contributed by atoms with van der Waals surface area (Å²) >= 11 is 0. The van der Waals surface area contributed by atoms with E-state index >= 15 is 0 Å². The second-order valence-corrected chi connectivity index (χ2v) is 5.40. The van der Waals surface area contributed by atoms with Gasteiger partial charge in [-0.15, -0.1) is 0 Å². The van der Waals surface area contributed by atoms with Gasteiger partial charge >= 0.3 is 0 Å². The molecule has 0 radical (unpaired) electrons. The Morgan fingerprint density at radius 2 is 2.06 bits per heavy atom. The van der Waals surface area contributed by atoms with E-state index in [-0.39, 0.29) is 0 Å². The zero-order chi connectivity index (χ0) is 13.1. The van der Waals surface area contributed by atoms with Gasteiger partial charge in [-0.3, -0.25) is 0 Å². The summed E-state index contributed by atoms with van der Waals surface area (Å²) < 4.78 is 5.62. The fourth-order valence-corrected chi connectivity index (χ4v) is 3.40. The fraction of sp³-hybridized carbons (Fsp3) is 0.625. The van der Waals surface area contributed by atoms with Crippen LogP contribution < -0.4 is 10.1 Å². The maximum Gasteiger partial charge on any atom is 0.122 e.